The first-order valence-corrected chi connectivity index (χ1v) is 16.8. The van der Waals surface area contributed by atoms with Crippen molar-refractivity contribution in [2.45, 2.75) is 0 Å². The summed E-state index contributed by atoms with van der Waals surface area (Å²) in [7, 11) is 12.5. The van der Waals surface area contributed by atoms with Gasteiger partial charge in [-0.3, -0.25) is 0 Å². The van der Waals surface area contributed by atoms with Gasteiger partial charge in [0.15, 0.2) is 0 Å². The van der Waals surface area contributed by atoms with Crippen molar-refractivity contribution in [3.63, 3.8) is 0 Å². The molecule has 0 N–H and O–H groups in total. The van der Waals surface area contributed by atoms with Crippen molar-refractivity contribution < 1.29 is 20.8 Å². The van der Waals surface area contributed by atoms with Gasteiger partial charge >= 0.3 is 37.9 Å². The van der Waals surface area contributed by atoms with Gasteiger partial charge in [0.05, 0.1) is 0 Å². The summed E-state index contributed by atoms with van der Waals surface area (Å²) in [6, 6.07) is 37.6. The van der Waals surface area contributed by atoms with Crippen molar-refractivity contribution in [2.75, 3.05) is 0 Å². The van der Waals surface area contributed by atoms with Gasteiger partial charge < -0.3 is 0 Å². The monoisotopic (exact) mass is 626 g/mol. The van der Waals surface area contributed by atoms with E-state index in [0.717, 1.165) is 0 Å². The molecule has 0 spiro atoms. The first-order valence-electron chi connectivity index (χ1n) is 8.82. The van der Waals surface area contributed by atoms with Crippen LogP contribution in [-0.2, 0) is 20.8 Å². The Morgan fingerprint density at radius 3 is 1.83 bits per heavy atom. The molecule has 0 nitrogen and oxygen atoms in total. The number of hydrogen-bond donors (Lipinski definition) is 0. The smallest absolute Gasteiger partial charge is 0.0809 e. The van der Waals surface area contributed by atoms with Gasteiger partial charge in [0.1, 0.15) is 0 Å². The second-order valence-electron chi connectivity index (χ2n) is 5.94. The summed E-state index contributed by atoms with van der Waals surface area (Å²) in [6.07, 6.45) is 0. The molecule has 0 aliphatic heterocycles. The summed E-state index contributed by atoms with van der Waals surface area (Å²) < 4.78 is 1.32. The number of benzene rings is 3. The Balaban J connectivity index is 0.000000147. The van der Waals surface area contributed by atoms with Crippen LogP contribution in [-0.4, -0.2) is 0 Å². The number of rotatable bonds is 0. The fourth-order valence-electron chi connectivity index (χ4n) is 2.64. The molecule has 0 bridgehead atoms. The average molecular weight is 628 g/mol. The molecule has 5 aromatic rings. The molecule has 5 heteroatoms. The van der Waals surface area contributed by atoms with E-state index in [1.807, 2.05) is 30.3 Å². The maximum atomic E-state index is 4.93. The minimum atomic E-state index is -0.826. The summed E-state index contributed by atoms with van der Waals surface area (Å²) >= 11 is 1.51. The van der Waals surface area contributed by atoms with E-state index in [1.54, 1.807) is 0 Å². The molecule has 1 unspecified atom stereocenters. The predicted octanol–water partition coefficient (Wildman–Crippen LogP) is 8.29. The van der Waals surface area contributed by atoms with Crippen LogP contribution in [0, 0.1) is 3.57 Å². The van der Waals surface area contributed by atoms with Gasteiger partial charge in [-0.25, -0.2) is 0 Å². The summed E-state index contributed by atoms with van der Waals surface area (Å²) in [4.78, 5) is 0. The van der Waals surface area contributed by atoms with Crippen molar-refractivity contribution in [1.29, 1.82) is 0 Å². The van der Waals surface area contributed by atoms with Crippen molar-refractivity contribution in [2.24, 2.45) is 0 Å². The van der Waals surface area contributed by atoms with Gasteiger partial charge in [-0.1, -0.05) is 68.6 Å². The van der Waals surface area contributed by atoms with Crippen LogP contribution < -0.4 is 5.30 Å². The van der Waals surface area contributed by atoms with Crippen LogP contribution in [0.1, 0.15) is 0 Å². The average Bonchev–Trinajstić information content (AvgIpc) is 3.35. The van der Waals surface area contributed by atoms with E-state index in [1.165, 1.54) is 30.4 Å². The third-order valence-electron chi connectivity index (χ3n) is 3.93. The van der Waals surface area contributed by atoms with Crippen LogP contribution in [0.3, 0.4) is 0 Å². The van der Waals surface area contributed by atoms with Crippen LogP contribution in [0.4, 0.5) is 0 Å². The third kappa shape index (κ3) is 9.45. The summed E-state index contributed by atoms with van der Waals surface area (Å²) in [5.74, 6) is 0. The fourth-order valence-corrected chi connectivity index (χ4v) is 3.53. The molecule has 0 radical (unpaired) electrons. The van der Waals surface area contributed by atoms with Gasteiger partial charge in [0, 0.05) is 0 Å². The van der Waals surface area contributed by atoms with Gasteiger partial charge in [-0.15, -0.1) is 73.9 Å². The molecule has 29 heavy (non-hydrogen) atoms. The van der Waals surface area contributed by atoms with Crippen molar-refractivity contribution >= 4 is 75.7 Å². The van der Waals surface area contributed by atoms with Gasteiger partial charge in [0.25, 0.3) is 0 Å². The van der Waals surface area contributed by atoms with E-state index in [9.17, 15) is 0 Å². The molecule has 0 aliphatic carbocycles. The molecule has 0 aromatic heterocycles. The second kappa shape index (κ2) is 14.5. The molecule has 0 amide bonds. The predicted molar refractivity (Wildman–Crippen MR) is 139 cm³/mol. The molecule has 0 saturated carbocycles. The van der Waals surface area contributed by atoms with Crippen molar-refractivity contribution in [3.8, 4) is 0 Å². The van der Waals surface area contributed by atoms with Gasteiger partial charge in [-0.05, 0) is 5.30 Å². The van der Waals surface area contributed by atoms with Crippen LogP contribution in [0.15, 0.2) is 109 Å². The minimum absolute atomic E-state index is 0.826. The molecular formula is C24H20Cl2IPZr. The summed E-state index contributed by atoms with van der Waals surface area (Å²) in [5, 5.41) is 6.58. The molecule has 0 saturated heterocycles. The van der Waals surface area contributed by atoms with E-state index in [-0.39, 0.29) is 0 Å². The molecule has 0 heterocycles. The van der Waals surface area contributed by atoms with Crippen LogP contribution in [0.25, 0.3) is 21.5 Å². The number of fused-ring (bicyclic) bond motifs is 2. The first kappa shape index (κ1) is 24.8. The van der Waals surface area contributed by atoms with Crippen molar-refractivity contribution in [1.82, 2.24) is 0 Å². The van der Waals surface area contributed by atoms with E-state index >= 15 is 0 Å². The standard InChI is InChI=1S/C9H6I.C9H7.C6H7P.2ClH.Zr/c10-9-5-7-3-1-2-4-8(7)6-9;1-2-5-9-7-3-6-8(9)4-1;7-6-4-2-1-3-5-6;;;/h1-6H;1-7H;1-5H,7H2;2*1H;/q2*-1;;;;+4/p-2. The van der Waals surface area contributed by atoms with E-state index in [4.69, 9.17) is 17.0 Å². The second-order valence-corrected chi connectivity index (χ2v) is 11.6. The van der Waals surface area contributed by atoms with E-state index in [2.05, 4.69) is 111 Å². The normalized spacial score (nSPS) is 9.24. The Kier molecular flexibility index (Phi) is 12.4. The zero-order chi connectivity index (χ0) is 20.9. The molecule has 0 fully saturated rings. The Bertz CT molecular complexity index is 1030. The van der Waals surface area contributed by atoms with Crippen LogP contribution in [0.2, 0.25) is 0 Å². The summed E-state index contributed by atoms with van der Waals surface area (Å²) in [6.45, 7) is 0. The Labute approximate surface area is 207 Å². The molecule has 0 aliphatic rings. The van der Waals surface area contributed by atoms with E-state index in [0.29, 0.717) is 0 Å². The maximum absolute atomic E-state index is 4.93. The SMILES string of the molecule is Ic1cc2ccccc2[cH-]1.Pc1ccccc1.[Cl][Zr+2][Cl].c1ccc2[cH-]ccc2c1. The third-order valence-corrected chi connectivity index (χ3v) is 4.94. The van der Waals surface area contributed by atoms with Gasteiger partial charge in [0.2, 0.25) is 0 Å². The largest absolute Gasteiger partial charge is 0.168 e. The molecular weight excluding hydrogens is 608 g/mol. The molecule has 146 valence electrons. The Hall–Kier alpha value is -0.497. The number of halogens is 3. The Morgan fingerprint density at radius 2 is 1.28 bits per heavy atom. The maximum Gasteiger partial charge on any atom is -0.0809 e. The van der Waals surface area contributed by atoms with Crippen molar-refractivity contribution in [3.05, 3.63) is 113 Å². The topological polar surface area (TPSA) is 0 Å². The zero-order valence-electron chi connectivity index (χ0n) is 15.6. The number of hydrogen-bond acceptors (Lipinski definition) is 0. The van der Waals surface area contributed by atoms with Crippen LogP contribution in [0.5, 0.6) is 0 Å². The first-order chi connectivity index (χ1) is 14.1. The van der Waals surface area contributed by atoms with E-state index < -0.39 is 20.8 Å². The molecule has 5 aromatic carbocycles. The fraction of sp³-hybridized carbons (Fsp3) is 0. The van der Waals surface area contributed by atoms with Crippen LogP contribution >= 0.6 is 48.9 Å². The molecule has 1 atom stereocenters. The molecule has 5 rings (SSSR count). The summed E-state index contributed by atoms with van der Waals surface area (Å²) in [5.41, 5.74) is 0. The minimum Gasteiger partial charge on any atom is -0.168 e. The zero-order valence-corrected chi connectivity index (χ0v) is 22.9. The quantitative estimate of drug-likeness (QED) is 0.0921. The van der Waals surface area contributed by atoms with Gasteiger partial charge in [-0.2, -0.15) is 23.6 Å². The Morgan fingerprint density at radius 1 is 0.724 bits per heavy atom.